The van der Waals surface area contributed by atoms with Gasteiger partial charge < -0.3 is 4.90 Å². The molecule has 2 rings (SSSR count). The van der Waals surface area contributed by atoms with Crippen molar-refractivity contribution in [1.29, 1.82) is 0 Å². The monoisotopic (exact) mass is 222 g/mol. The number of aromatic nitrogens is 3. The minimum atomic E-state index is 0.0956. The van der Waals surface area contributed by atoms with Gasteiger partial charge in [0.1, 0.15) is 5.69 Å². The first-order valence-corrected chi connectivity index (χ1v) is 5.33. The lowest BCUT2D eigenvalue weighted by atomic mass is 10.2. The quantitative estimate of drug-likeness (QED) is 0.680. The lowest BCUT2D eigenvalue weighted by molar-refractivity contribution is -0.129. The highest BCUT2D eigenvalue weighted by Gasteiger charge is 2.26. The molecule has 1 saturated heterocycles. The van der Waals surface area contributed by atoms with Crippen LogP contribution < -0.4 is 0 Å². The summed E-state index contributed by atoms with van der Waals surface area (Å²) in [5.74, 6) is 0.0956. The van der Waals surface area contributed by atoms with Crippen LogP contribution in [0.5, 0.6) is 0 Å². The third kappa shape index (κ3) is 2.10. The lowest BCUT2D eigenvalue weighted by Crippen LogP contribution is -2.36. The van der Waals surface area contributed by atoms with Crippen LogP contribution in [0.25, 0.3) is 0 Å². The number of rotatable bonds is 3. The number of aldehydes is 1. The van der Waals surface area contributed by atoms with E-state index >= 15 is 0 Å². The van der Waals surface area contributed by atoms with Crippen LogP contribution >= 0.6 is 0 Å². The molecule has 1 fully saturated rings. The number of carbonyl (C=O) groups excluding carboxylic acids is 2. The fourth-order valence-corrected chi connectivity index (χ4v) is 2.11. The molecule has 16 heavy (non-hydrogen) atoms. The van der Waals surface area contributed by atoms with Crippen LogP contribution in [-0.4, -0.2) is 44.7 Å². The Bertz CT molecular complexity index is 401. The van der Waals surface area contributed by atoms with E-state index in [1.807, 2.05) is 4.90 Å². The molecule has 1 aliphatic heterocycles. The van der Waals surface area contributed by atoms with E-state index in [9.17, 15) is 9.59 Å². The molecule has 1 atom stereocenters. The van der Waals surface area contributed by atoms with Crippen LogP contribution in [0.15, 0.2) is 6.20 Å². The second-order valence-electron chi connectivity index (χ2n) is 3.99. The Morgan fingerprint density at radius 1 is 1.69 bits per heavy atom. The summed E-state index contributed by atoms with van der Waals surface area (Å²) in [4.78, 5) is 23.6. The van der Waals surface area contributed by atoms with E-state index in [4.69, 9.17) is 0 Å². The summed E-state index contributed by atoms with van der Waals surface area (Å²) in [5, 5.41) is 7.53. The van der Waals surface area contributed by atoms with Crippen LogP contribution in [0.1, 0.15) is 30.3 Å². The highest BCUT2D eigenvalue weighted by atomic mass is 16.2. The van der Waals surface area contributed by atoms with Crippen molar-refractivity contribution < 1.29 is 9.59 Å². The van der Waals surface area contributed by atoms with Gasteiger partial charge in [-0.2, -0.15) is 0 Å². The maximum absolute atomic E-state index is 11.3. The molecule has 6 nitrogen and oxygen atoms in total. The van der Waals surface area contributed by atoms with Crippen molar-refractivity contribution in [2.24, 2.45) is 0 Å². The van der Waals surface area contributed by atoms with E-state index in [0.29, 0.717) is 18.5 Å². The standard InChI is InChI=1S/C10H14N4O2/c1-8(16)14-4-2-3-10(14)6-13-5-9(7-15)11-12-13/h5,7,10H,2-4,6H2,1H3/t10-/m0/s1. The molecule has 1 amide bonds. The van der Waals surface area contributed by atoms with Crippen molar-refractivity contribution in [2.45, 2.75) is 32.4 Å². The number of amides is 1. The van der Waals surface area contributed by atoms with E-state index in [-0.39, 0.29) is 11.9 Å². The van der Waals surface area contributed by atoms with E-state index in [2.05, 4.69) is 10.3 Å². The molecule has 1 aliphatic rings. The summed E-state index contributed by atoms with van der Waals surface area (Å²) in [7, 11) is 0. The highest BCUT2D eigenvalue weighted by Crippen LogP contribution is 2.18. The van der Waals surface area contributed by atoms with E-state index in [1.54, 1.807) is 17.8 Å². The van der Waals surface area contributed by atoms with Gasteiger partial charge in [0.15, 0.2) is 6.29 Å². The van der Waals surface area contributed by atoms with Gasteiger partial charge in [-0.3, -0.25) is 9.59 Å². The second kappa shape index (κ2) is 4.42. The Morgan fingerprint density at radius 2 is 2.50 bits per heavy atom. The zero-order chi connectivity index (χ0) is 11.5. The fourth-order valence-electron chi connectivity index (χ4n) is 2.11. The largest absolute Gasteiger partial charge is 0.338 e. The third-order valence-corrected chi connectivity index (χ3v) is 2.86. The lowest BCUT2D eigenvalue weighted by Gasteiger charge is -2.22. The van der Waals surface area contributed by atoms with Crippen molar-refractivity contribution in [3.63, 3.8) is 0 Å². The molecule has 0 spiro atoms. The average molecular weight is 222 g/mol. The Balaban J connectivity index is 2.03. The summed E-state index contributed by atoms with van der Waals surface area (Å²) >= 11 is 0. The number of carbonyl (C=O) groups is 2. The first kappa shape index (κ1) is 10.8. The fraction of sp³-hybridized carbons (Fsp3) is 0.600. The van der Waals surface area contributed by atoms with Gasteiger partial charge in [-0.25, -0.2) is 4.68 Å². The minimum Gasteiger partial charge on any atom is -0.338 e. The maximum Gasteiger partial charge on any atom is 0.219 e. The molecule has 0 aliphatic carbocycles. The van der Waals surface area contributed by atoms with Gasteiger partial charge in [0.2, 0.25) is 5.91 Å². The molecule has 0 saturated carbocycles. The number of hydrogen-bond donors (Lipinski definition) is 0. The van der Waals surface area contributed by atoms with Gasteiger partial charge in [-0.15, -0.1) is 5.10 Å². The van der Waals surface area contributed by atoms with Gasteiger partial charge in [-0.1, -0.05) is 5.21 Å². The van der Waals surface area contributed by atoms with Gasteiger partial charge in [0.05, 0.1) is 18.8 Å². The zero-order valence-electron chi connectivity index (χ0n) is 9.17. The Kier molecular flexibility index (Phi) is 2.98. The predicted molar refractivity (Wildman–Crippen MR) is 55.8 cm³/mol. The summed E-state index contributed by atoms with van der Waals surface area (Å²) < 4.78 is 1.62. The highest BCUT2D eigenvalue weighted by molar-refractivity contribution is 5.73. The normalized spacial score (nSPS) is 20.1. The zero-order valence-corrected chi connectivity index (χ0v) is 9.17. The molecule has 0 radical (unpaired) electrons. The molecule has 86 valence electrons. The first-order valence-electron chi connectivity index (χ1n) is 5.33. The average Bonchev–Trinajstić information content (AvgIpc) is 2.87. The van der Waals surface area contributed by atoms with Crippen molar-refractivity contribution in [3.05, 3.63) is 11.9 Å². The second-order valence-corrected chi connectivity index (χ2v) is 3.99. The summed E-state index contributed by atoms with van der Waals surface area (Å²) in [6, 6.07) is 0.179. The van der Waals surface area contributed by atoms with Crippen molar-refractivity contribution >= 4 is 12.2 Å². The molecule has 1 aromatic heterocycles. The predicted octanol–water partition coefficient (Wildman–Crippen LogP) is 0.101. The molecule has 0 N–H and O–H groups in total. The number of hydrogen-bond acceptors (Lipinski definition) is 4. The molecule has 2 heterocycles. The molecular weight excluding hydrogens is 208 g/mol. The first-order chi connectivity index (χ1) is 7.70. The van der Waals surface area contributed by atoms with Crippen molar-refractivity contribution in [3.8, 4) is 0 Å². The molecule has 1 aromatic rings. The molecule has 0 unspecified atom stereocenters. The van der Waals surface area contributed by atoms with Crippen molar-refractivity contribution in [1.82, 2.24) is 19.9 Å². The minimum absolute atomic E-state index is 0.0956. The number of nitrogens with zero attached hydrogens (tertiary/aromatic N) is 4. The van der Waals surface area contributed by atoms with Gasteiger partial charge in [-0.05, 0) is 12.8 Å². The molecular formula is C10H14N4O2. The molecule has 0 bridgehead atoms. The van der Waals surface area contributed by atoms with E-state index in [0.717, 1.165) is 19.4 Å². The summed E-state index contributed by atoms with van der Waals surface area (Å²) in [5.41, 5.74) is 0.326. The summed E-state index contributed by atoms with van der Waals surface area (Å²) in [6.45, 7) is 3.01. The Morgan fingerprint density at radius 3 is 3.12 bits per heavy atom. The van der Waals surface area contributed by atoms with Crippen molar-refractivity contribution in [2.75, 3.05) is 6.54 Å². The van der Waals surface area contributed by atoms with Crippen LogP contribution in [-0.2, 0) is 11.3 Å². The van der Waals surface area contributed by atoms with Gasteiger partial charge in [0.25, 0.3) is 0 Å². The maximum atomic E-state index is 11.3. The van der Waals surface area contributed by atoms with Crippen LogP contribution in [0.2, 0.25) is 0 Å². The van der Waals surface area contributed by atoms with Gasteiger partial charge >= 0.3 is 0 Å². The topological polar surface area (TPSA) is 68.1 Å². The van der Waals surface area contributed by atoms with Gasteiger partial charge in [0, 0.05) is 13.5 Å². The SMILES string of the molecule is CC(=O)N1CCC[C@H]1Cn1cc(C=O)nn1. The molecule has 0 aromatic carbocycles. The van der Waals surface area contributed by atoms with Crippen LogP contribution in [0.3, 0.4) is 0 Å². The van der Waals surface area contributed by atoms with E-state index < -0.39 is 0 Å². The van der Waals surface area contributed by atoms with E-state index in [1.165, 1.54) is 0 Å². The smallest absolute Gasteiger partial charge is 0.219 e. The third-order valence-electron chi connectivity index (χ3n) is 2.86. The molecule has 6 heteroatoms. The summed E-state index contributed by atoms with van der Waals surface area (Å²) in [6.07, 6.45) is 4.28. The van der Waals surface area contributed by atoms with Crippen LogP contribution in [0, 0.1) is 0 Å². The number of likely N-dealkylation sites (tertiary alicyclic amines) is 1. The Labute approximate surface area is 93.2 Å². The van der Waals surface area contributed by atoms with Crippen LogP contribution in [0.4, 0.5) is 0 Å². The Hall–Kier alpha value is -1.72.